The molecule has 0 bridgehead atoms. The number of nitrogens with zero attached hydrogens (tertiary/aromatic N) is 2. The maximum Gasteiger partial charge on any atom is 0.343 e. The number of carbonyl (C=O) groups excluding carboxylic acids is 3. The monoisotopic (exact) mass is 578 g/mol. The van der Waals surface area contributed by atoms with E-state index in [0.717, 1.165) is 0 Å². The van der Waals surface area contributed by atoms with Crippen LogP contribution in [0.25, 0.3) is 6.08 Å². The summed E-state index contributed by atoms with van der Waals surface area (Å²) >= 11 is 0. The van der Waals surface area contributed by atoms with E-state index in [9.17, 15) is 24.5 Å². The lowest BCUT2D eigenvalue weighted by Crippen LogP contribution is -2.32. The normalized spacial score (nSPS) is 12.0. The highest BCUT2D eigenvalue weighted by Crippen LogP contribution is 2.33. The average molecular weight is 579 g/mol. The van der Waals surface area contributed by atoms with Crippen LogP contribution >= 0.6 is 0 Å². The molecule has 214 valence electrons. The number of esters is 1. The SMILES string of the molecule is O=C(N/N=C/c1cccc(OC(=O)c2ccc([N+](=O)[O-])cc2)c1)/C(=C\c1ccc2c(c1)OCO2)NC(=O)c1ccccc1. The zero-order valence-corrected chi connectivity index (χ0v) is 22.3. The Hall–Kier alpha value is -6.30. The predicted octanol–water partition coefficient (Wildman–Crippen LogP) is 4.46. The smallest absolute Gasteiger partial charge is 0.343 e. The number of nitro benzene ring substituents is 1. The Bertz CT molecular complexity index is 1750. The van der Waals surface area contributed by atoms with E-state index in [4.69, 9.17) is 14.2 Å². The first-order valence-electron chi connectivity index (χ1n) is 12.7. The van der Waals surface area contributed by atoms with Crippen LogP contribution in [0.3, 0.4) is 0 Å². The molecule has 1 heterocycles. The lowest BCUT2D eigenvalue weighted by Gasteiger charge is -2.09. The van der Waals surface area contributed by atoms with Gasteiger partial charge in [0.25, 0.3) is 17.5 Å². The van der Waals surface area contributed by atoms with E-state index in [1.54, 1.807) is 66.7 Å². The lowest BCUT2D eigenvalue weighted by atomic mass is 10.1. The first-order chi connectivity index (χ1) is 20.9. The number of carbonyl (C=O) groups is 3. The van der Waals surface area contributed by atoms with Gasteiger partial charge in [0.2, 0.25) is 6.79 Å². The molecule has 12 heteroatoms. The number of fused-ring (bicyclic) bond motifs is 1. The molecule has 4 aromatic rings. The van der Waals surface area contributed by atoms with Crippen molar-refractivity contribution in [2.45, 2.75) is 0 Å². The number of hydrogen-bond donors (Lipinski definition) is 2. The molecular formula is C31H22N4O8. The maximum atomic E-state index is 13.1. The van der Waals surface area contributed by atoms with Crippen LogP contribution < -0.4 is 25.0 Å². The van der Waals surface area contributed by atoms with E-state index in [1.807, 2.05) is 0 Å². The number of benzene rings is 4. The highest BCUT2D eigenvalue weighted by molar-refractivity contribution is 6.05. The van der Waals surface area contributed by atoms with Crippen molar-refractivity contribution in [1.82, 2.24) is 10.7 Å². The van der Waals surface area contributed by atoms with Gasteiger partial charge in [-0.2, -0.15) is 5.10 Å². The fourth-order valence-corrected chi connectivity index (χ4v) is 3.88. The molecule has 2 amide bonds. The number of non-ortho nitro benzene ring substituents is 1. The van der Waals surface area contributed by atoms with E-state index >= 15 is 0 Å². The third-order valence-corrected chi connectivity index (χ3v) is 6.00. The summed E-state index contributed by atoms with van der Waals surface area (Å²) in [4.78, 5) is 48.6. The second kappa shape index (κ2) is 12.9. The molecule has 0 aliphatic carbocycles. The number of rotatable bonds is 9. The first kappa shape index (κ1) is 28.2. The minimum absolute atomic E-state index is 0.0735. The summed E-state index contributed by atoms with van der Waals surface area (Å²) in [6.45, 7) is 0.0900. The minimum Gasteiger partial charge on any atom is -0.454 e. The molecule has 43 heavy (non-hydrogen) atoms. The van der Waals surface area contributed by atoms with Gasteiger partial charge in [-0.15, -0.1) is 0 Å². The van der Waals surface area contributed by atoms with Crippen molar-refractivity contribution in [3.63, 3.8) is 0 Å². The molecule has 0 spiro atoms. The van der Waals surface area contributed by atoms with Gasteiger partial charge in [-0.1, -0.05) is 36.4 Å². The molecule has 0 unspecified atom stereocenters. The molecule has 12 nitrogen and oxygen atoms in total. The number of nitrogens with one attached hydrogen (secondary N) is 2. The Morgan fingerprint density at radius 2 is 1.60 bits per heavy atom. The molecule has 5 rings (SSSR count). The molecule has 1 aliphatic rings. The number of ether oxygens (including phenoxy) is 3. The standard InChI is InChI=1S/C31H22N4O8/c36-29(22-6-2-1-3-7-22)33-26(16-20-9-14-27-28(17-20)42-19-41-27)30(37)34-32-18-21-5-4-8-25(15-21)43-31(38)23-10-12-24(13-11-23)35(39)40/h1-18H,19H2,(H,33,36)(H,34,37)/b26-16+,32-18+. The molecule has 2 N–H and O–H groups in total. The topological polar surface area (TPSA) is 158 Å². The van der Waals surface area contributed by atoms with Gasteiger partial charge in [0.05, 0.1) is 16.7 Å². The number of amides is 2. The lowest BCUT2D eigenvalue weighted by molar-refractivity contribution is -0.384. The largest absolute Gasteiger partial charge is 0.454 e. The fraction of sp³-hybridized carbons (Fsp3) is 0.0323. The Morgan fingerprint density at radius 1 is 0.837 bits per heavy atom. The molecule has 1 aliphatic heterocycles. The van der Waals surface area contributed by atoms with Crippen molar-refractivity contribution < 1.29 is 33.5 Å². The molecule has 0 saturated carbocycles. The van der Waals surface area contributed by atoms with Gasteiger partial charge in [-0.05, 0) is 65.7 Å². The Labute approximate surface area is 244 Å². The molecule has 0 aromatic heterocycles. The number of nitro groups is 1. The van der Waals surface area contributed by atoms with Crippen molar-refractivity contribution >= 4 is 35.8 Å². The zero-order chi connectivity index (χ0) is 30.2. The van der Waals surface area contributed by atoms with Gasteiger partial charge < -0.3 is 19.5 Å². The van der Waals surface area contributed by atoms with Crippen molar-refractivity contribution in [3.05, 3.63) is 135 Å². The Kier molecular flexibility index (Phi) is 8.48. The van der Waals surface area contributed by atoms with Gasteiger partial charge in [-0.25, -0.2) is 10.2 Å². The summed E-state index contributed by atoms with van der Waals surface area (Å²) in [5.41, 5.74) is 3.73. The van der Waals surface area contributed by atoms with Crippen molar-refractivity contribution in [3.8, 4) is 17.2 Å². The Morgan fingerprint density at radius 3 is 2.37 bits per heavy atom. The van der Waals surface area contributed by atoms with Crippen LogP contribution in [-0.2, 0) is 4.79 Å². The minimum atomic E-state index is -0.704. The quantitative estimate of drug-likeness (QED) is 0.0736. The van der Waals surface area contributed by atoms with Crippen LogP contribution in [0.1, 0.15) is 31.8 Å². The van der Waals surface area contributed by atoms with Gasteiger partial charge in [-0.3, -0.25) is 19.7 Å². The van der Waals surface area contributed by atoms with E-state index in [1.165, 1.54) is 42.6 Å². The van der Waals surface area contributed by atoms with Crippen molar-refractivity contribution in [1.29, 1.82) is 0 Å². The molecule has 0 fully saturated rings. The molecule has 4 aromatic carbocycles. The third-order valence-electron chi connectivity index (χ3n) is 6.00. The summed E-state index contributed by atoms with van der Waals surface area (Å²) in [7, 11) is 0. The molecule has 0 radical (unpaired) electrons. The summed E-state index contributed by atoms with van der Waals surface area (Å²) in [5, 5.41) is 17.4. The van der Waals surface area contributed by atoms with Gasteiger partial charge >= 0.3 is 5.97 Å². The summed E-state index contributed by atoms with van der Waals surface area (Å²) in [6.07, 6.45) is 2.81. The van der Waals surface area contributed by atoms with Crippen LogP contribution in [0.15, 0.2) is 108 Å². The van der Waals surface area contributed by atoms with Crippen LogP contribution in [-0.4, -0.2) is 35.7 Å². The van der Waals surface area contributed by atoms with Crippen LogP contribution in [0.2, 0.25) is 0 Å². The van der Waals surface area contributed by atoms with Crippen LogP contribution in [0.4, 0.5) is 5.69 Å². The van der Waals surface area contributed by atoms with Gasteiger partial charge in [0.15, 0.2) is 11.5 Å². The van der Waals surface area contributed by atoms with Crippen LogP contribution in [0.5, 0.6) is 17.2 Å². The van der Waals surface area contributed by atoms with Crippen LogP contribution in [0, 0.1) is 10.1 Å². The zero-order valence-electron chi connectivity index (χ0n) is 22.3. The second-order valence-corrected chi connectivity index (χ2v) is 8.96. The predicted molar refractivity (Wildman–Crippen MR) is 155 cm³/mol. The highest BCUT2D eigenvalue weighted by Gasteiger charge is 2.17. The van der Waals surface area contributed by atoms with Gasteiger partial charge in [0, 0.05) is 17.7 Å². The number of hydrazone groups is 1. The van der Waals surface area contributed by atoms with E-state index in [0.29, 0.717) is 28.2 Å². The fourth-order valence-electron chi connectivity index (χ4n) is 3.88. The summed E-state index contributed by atoms with van der Waals surface area (Å²) in [5.74, 6) is -0.619. The van der Waals surface area contributed by atoms with Crippen molar-refractivity contribution in [2.24, 2.45) is 5.10 Å². The molecule has 0 saturated heterocycles. The Balaban J connectivity index is 1.28. The molecule has 0 atom stereocenters. The highest BCUT2D eigenvalue weighted by atomic mass is 16.7. The summed E-state index contributed by atoms with van der Waals surface area (Å²) in [6, 6.07) is 24.9. The summed E-state index contributed by atoms with van der Waals surface area (Å²) < 4.78 is 16.1. The first-order valence-corrected chi connectivity index (χ1v) is 12.7. The average Bonchev–Trinajstić information content (AvgIpc) is 3.49. The third kappa shape index (κ3) is 7.27. The second-order valence-electron chi connectivity index (χ2n) is 8.96. The molecular weight excluding hydrogens is 556 g/mol. The van der Waals surface area contributed by atoms with E-state index < -0.39 is 22.7 Å². The van der Waals surface area contributed by atoms with Crippen molar-refractivity contribution in [2.75, 3.05) is 6.79 Å². The number of hydrogen-bond acceptors (Lipinski definition) is 9. The van der Waals surface area contributed by atoms with E-state index in [-0.39, 0.29) is 29.5 Å². The van der Waals surface area contributed by atoms with Gasteiger partial charge in [0.1, 0.15) is 11.4 Å². The maximum absolute atomic E-state index is 13.1. The van der Waals surface area contributed by atoms with E-state index in [2.05, 4.69) is 15.8 Å².